The average molecular weight is 515 g/mol. The van der Waals surface area contributed by atoms with E-state index >= 15 is 0 Å². The fraction of sp³-hybridized carbons (Fsp3) is 0.556. The van der Waals surface area contributed by atoms with Crippen LogP contribution in [0.2, 0.25) is 0 Å². The number of para-hydroxylation sites is 2. The van der Waals surface area contributed by atoms with Gasteiger partial charge in [0.25, 0.3) is 0 Å². The first-order chi connectivity index (χ1) is 18.9. The molecule has 2 rings (SSSR count). The molecule has 0 radical (unpaired) electrons. The summed E-state index contributed by atoms with van der Waals surface area (Å²) in [6.45, 7) is 2.30. The number of rotatable bonds is 23. The maximum absolute atomic E-state index is 4.77. The molecule has 38 heavy (non-hydrogen) atoms. The van der Waals surface area contributed by atoms with E-state index < -0.39 is 0 Å². The Labute approximate surface area is 234 Å². The molecule has 0 bridgehead atoms. The summed E-state index contributed by atoms with van der Waals surface area (Å²) in [4.78, 5) is 9.37. The molecule has 0 spiro atoms. The number of aliphatic imine (C=N–C) groups is 2. The van der Waals surface area contributed by atoms with Gasteiger partial charge in [-0.05, 0) is 43.2 Å². The normalized spacial score (nSPS) is 12.2. The van der Waals surface area contributed by atoms with Gasteiger partial charge in [-0.15, -0.1) is 0 Å². The van der Waals surface area contributed by atoms with Crippen LogP contribution >= 0.6 is 0 Å². The first-order valence-corrected chi connectivity index (χ1v) is 15.8. The quantitative estimate of drug-likeness (QED) is 0.104. The Kier molecular flexibility index (Phi) is 19.7. The van der Waals surface area contributed by atoms with Crippen LogP contribution in [0.5, 0.6) is 0 Å². The first kappa shape index (κ1) is 31.7. The molecule has 2 heteroatoms. The monoisotopic (exact) mass is 514 g/mol. The van der Waals surface area contributed by atoms with Crippen LogP contribution in [-0.2, 0) is 0 Å². The first-order valence-electron chi connectivity index (χ1n) is 15.8. The van der Waals surface area contributed by atoms with Gasteiger partial charge in [0.1, 0.15) is 0 Å². The second kappa shape index (κ2) is 23.6. The Morgan fingerprint density at radius 1 is 0.526 bits per heavy atom. The predicted molar refractivity (Wildman–Crippen MR) is 171 cm³/mol. The number of hydrogen-bond donors (Lipinski definition) is 0. The van der Waals surface area contributed by atoms with Gasteiger partial charge in [0.05, 0.1) is 23.3 Å². The van der Waals surface area contributed by atoms with Gasteiger partial charge in [-0.1, -0.05) is 159 Å². The highest BCUT2D eigenvalue weighted by Crippen LogP contribution is 2.15. The summed E-state index contributed by atoms with van der Waals surface area (Å²) >= 11 is 0. The zero-order chi connectivity index (χ0) is 26.8. The van der Waals surface area contributed by atoms with Crippen molar-refractivity contribution in [2.24, 2.45) is 9.98 Å². The fourth-order valence-corrected chi connectivity index (χ4v) is 4.78. The van der Waals surface area contributed by atoms with Gasteiger partial charge in [0.2, 0.25) is 0 Å². The summed E-state index contributed by atoms with van der Waals surface area (Å²) in [6.07, 6.45) is 32.9. The van der Waals surface area contributed by atoms with Crippen LogP contribution < -0.4 is 0 Å². The van der Waals surface area contributed by atoms with Gasteiger partial charge < -0.3 is 0 Å². The van der Waals surface area contributed by atoms with E-state index in [0.717, 1.165) is 23.5 Å². The van der Waals surface area contributed by atoms with E-state index in [1.807, 2.05) is 66.9 Å². The second-order valence-electron chi connectivity index (χ2n) is 10.7. The molecule has 0 unspecified atom stereocenters. The SMILES string of the molecule is CCCCCCCCCCCCCCCCCCCCC=CC(C=Nc1ccccc1)=Nc1ccccc1. The molecule has 0 saturated carbocycles. The van der Waals surface area contributed by atoms with Crippen LogP contribution in [0.15, 0.2) is 82.8 Å². The number of benzene rings is 2. The largest absolute Gasteiger partial charge is 0.255 e. The van der Waals surface area contributed by atoms with Gasteiger partial charge in [-0.3, -0.25) is 4.99 Å². The van der Waals surface area contributed by atoms with Gasteiger partial charge in [0.15, 0.2) is 0 Å². The summed E-state index contributed by atoms with van der Waals surface area (Å²) in [5.41, 5.74) is 2.80. The number of unbranched alkanes of at least 4 members (excludes halogenated alkanes) is 18. The molecule has 0 aliphatic heterocycles. The third-order valence-corrected chi connectivity index (χ3v) is 7.13. The van der Waals surface area contributed by atoms with Crippen molar-refractivity contribution in [3.05, 3.63) is 72.8 Å². The molecular formula is C36H54N2. The third-order valence-electron chi connectivity index (χ3n) is 7.13. The van der Waals surface area contributed by atoms with E-state index in [2.05, 4.69) is 24.1 Å². The fourth-order valence-electron chi connectivity index (χ4n) is 4.78. The topological polar surface area (TPSA) is 24.7 Å². The Balaban J connectivity index is 1.48. The van der Waals surface area contributed by atoms with Crippen molar-refractivity contribution < 1.29 is 0 Å². The van der Waals surface area contributed by atoms with E-state index in [-0.39, 0.29) is 0 Å². The Hall–Kier alpha value is -2.48. The Bertz CT molecular complexity index is 867. The average Bonchev–Trinajstić information content (AvgIpc) is 2.96. The highest BCUT2D eigenvalue weighted by atomic mass is 14.8. The van der Waals surface area contributed by atoms with Crippen molar-refractivity contribution in [2.45, 2.75) is 129 Å². The number of nitrogens with zero attached hydrogens (tertiary/aromatic N) is 2. The zero-order valence-electron chi connectivity index (χ0n) is 24.3. The van der Waals surface area contributed by atoms with Crippen LogP contribution in [-0.4, -0.2) is 11.9 Å². The lowest BCUT2D eigenvalue weighted by molar-refractivity contribution is 0.525. The molecule has 208 valence electrons. The maximum Gasteiger partial charge on any atom is 0.0816 e. The molecule has 2 aromatic rings. The van der Waals surface area contributed by atoms with Crippen LogP contribution in [0.3, 0.4) is 0 Å². The lowest BCUT2D eigenvalue weighted by Crippen LogP contribution is -1.94. The lowest BCUT2D eigenvalue weighted by atomic mass is 10.0. The molecule has 0 aromatic heterocycles. The summed E-state index contributed by atoms with van der Waals surface area (Å²) < 4.78 is 0. The summed E-state index contributed by atoms with van der Waals surface area (Å²) in [5, 5.41) is 0. The highest BCUT2D eigenvalue weighted by Gasteiger charge is 1.96. The Morgan fingerprint density at radius 3 is 1.42 bits per heavy atom. The standard InChI is InChI=1S/C36H54N2/c1-2-3-4-5-6-7-8-9-10-11-12-13-14-15-16-17-18-19-20-23-32-36(38-35-30-26-22-27-31-35)33-37-34-28-24-21-25-29-34/h21-33H,2-20H2,1H3. The minimum atomic E-state index is 0.891. The molecule has 0 aliphatic carbocycles. The van der Waals surface area contributed by atoms with Crippen molar-refractivity contribution in [1.82, 2.24) is 0 Å². The van der Waals surface area contributed by atoms with Crippen LogP contribution in [0.25, 0.3) is 0 Å². The third kappa shape index (κ3) is 17.9. The number of hydrogen-bond acceptors (Lipinski definition) is 2. The van der Waals surface area contributed by atoms with Crippen LogP contribution in [0, 0.1) is 0 Å². The molecule has 0 aliphatic rings. The molecule has 0 fully saturated rings. The molecule has 0 amide bonds. The van der Waals surface area contributed by atoms with E-state index in [1.54, 1.807) is 0 Å². The van der Waals surface area contributed by atoms with Crippen LogP contribution in [0.1, 0.15) is 129 Å². The molecule has 0 heterocycles. The summed E-state index contributed by atoms with van der Waals surface area (Å²) in [6, 6.07) is 20.2. The van der Waals surface area contributed by atoms with Crippen molar-refractivity contribution in [3.63, 3.8) is 0 Å². The zero-order valence-corrected chi connectivity index (χ0v) is 24.3. The molecule has 2 nitrogen and oxygen atoms in total. The second-order valence-corrected chi connectivity index (χ2v) is 10.7. The molecule has 0 atom stereocenters. The highest BCUT2D eigenvalue weighted by molar-refractivity contribution is 6.36. The van der Waals surface area contributed by atoms with Crippen molar-refractivity contribution in [2.75, 3.05) is 0 Å². The maximum atomic E-state index is 4.77. The minimum Gasteiger partial charge on any atom is -0.255 e. The van der Waals surface area contributed by atoms with Gasteiger partial charge in [0, 0.05) is 0 Å². The van der Waals surface area contributed by atoms with Crippen molar-refractivity contribution >= 4 is 23.3 Å². The molecular weight excluding hydrogens is 460 g/mol. The van der Waals surface area contributed by atoms with E-state index in [9.17, 15) is 0 Å². The Morgan fingerprint density at radius 2 is 0.947 bits per heavy atom. The minimum absolute atomic E-state index is 0.891. The van der Waals surface area contributed by atoms with Gasteiger partial charge in [-0.25, -0.2) is 4.99 Å². The summed E-state index contributed by atoms with van der Waals surface area (Å²) in [5.74, 6) is 0. The summed E-state index contributed by atoms with van der Waals surface area (Å²) in [7, 11) is 0. The van der Waals surface area contributed by atoms with E-state index in [0.29, 0.717) is 0 Å². The van der Waals surface area contributed by atoms with Gasteiger partial charge >= 0.3 is 0 Å². The molecule has 0 saturated heterocycles. The number of allylic oxidation sites excluding steroid dienone is 2. The molecule has 2 aromatic carbocycles. The lowest BCUT2D eigenvalue weighted by Gasteiger charge is -2.03. The molecule has 0 N–H and O–H groups in total. The van der Waals surface area contributed by atoms with Gasteiger partial charge in [-0.2, -0.15) is 0 Å². The predicted octanol–water partition coefficient (Wildman–Crippen LogP) is 12.1. The van der Waals surface area contributed by atoms with E-state index in [4.69, 9.17) is 4.99 Å². The van der Waals surface area contributed by atoms with Crippen LogP contribution in [0.4, 0.5) is 11.4 Å². The van der Waals surface area contributed by atoms with Crippen molar-refractivity contribution in [3.8, 4) is 0 Å². The van der Waals surface area contributed by atoms with E-state index in [1.165, 1.54) is 116 Å². The smallest absolute Gasteiger partial charge is 0.0816 e. The van der Waals surface area contributed by atoms with Crippen molar-refractivity contribution in [1.29, 1.82) is 0 Å².